The molecular weight excluding hydrogens is 875 g/mol. The smallest absolute Gasteiger partial charge is 0.305 e. The molecule has 6 heteroatoms. The third-order valence-electron chi connectivity index (χ3n) is 14.3. The summed E-state index contributed by atoms with van der Waals surface area (Å²) >= 11 is 0. The van der Waals surface area contributed by atoms with E-state index in [1.54, 1.807) is 0 Å². The van der Waals surface area contributed by atoms with E-state index in [4.69, 9.17) is 4.74 Å². The molecule has 0 aromatic carbocycles. The number of aliphatic hydroxyl groups is 2. The van der Waals surface area contributed by atoms with E-state index in [0.29, 0.717) is 25.9 Å². The fourth-order valence-corrected chi connectivity index (χ4v) is 9.53. The molecule has 0 rings (SSSR count). The summed E-state index contributed by atoms with van der Waals surface area (Å²) in [6, 6.07) is -0.542. The molecule has 3 N–H and O–H groups in total. The van der Waals surface area contributed by atoms with Crippen molar-refractivity contribution in [2.75, 3.05) is 13.2 Å². The van der Waals surface area contributed by atoms with E-state index in [1.165, 1.54) is 238 Å². The SMILES string of the molecule is CCC/C=C\C/C=C\CCCCCCCC(=O)OCCCCCCCCCCC/C=C\C/C=C\CCCCCCCCCCCCCCCC(=O)NC(CO)C(O)CCCCCCCCCCCCCC. The Hall–Kier alpha value is -2.18. The maximum atomic E-state index is 12.5. The molecule has 0 aliphatic carbocycles. The van der Waals surface area contributed by atoms with Crippen LogP contribution in [0.2, 0.25) is 0 Å². The Labute approximate surface area is 442 Å². The number of nitrogens with one attached hydrogen (secondary N) is 1. The number of unbranched alkanes of at least 4 members (excludes halogenated alkanes) is 39. The van der Waals surface area contributed by atoms with Crippen LogP contribution in [0, 0.1) is 0 Å². The van der Waals surface area contributed by atoms with E-state index >= 15 is 0 Å². The Balaban J connectivity index is 3.40. The molecule has 0 aliphatic heterocycles. The lowest BCUT2D eigenvalue weighted by Gasteiger charge is -2.22. The minimum atomic E-state index is -0.664. The summed E-state index contributed by atoms with van der Waals surface area (Å²) < 4.78 is 5.46. The molecular formula is C65H121NO5. The van der Waals surface area contributed by atoms with Gasteiger partial charge in [-0.05, 0) is 83.5 Å². The van der Waals surface area contributed by atoms with E-state index in [0.717, 1.165) is 57.8 Å². The molecule has 416 valence electrons. The summed E-state index contributed by atoms with van der Waals surface area (Å²) in [5.41, 5.74) is 0. The Kier molecular flexibility index (Phi) is 58.5. The van der Waals surface area contributed by atoms with Gasteiger partial charge in [0.25, 0.3) is 0 Å². The molecule has 0 saturated heterocycles. The van der Waals surface area contributed by atoms with Crippen molar-refractivity contribution in [2.24, 2.45) is 0 Å². The average Bonchev–Trinajstić information content (AvgIpc) is 3.37. The number of rotatable bonds is 58. The molecule has 2 unspecified atom stereocenters. The molecule has 0 spiro atoms. The number of amides is 1. The fraction of sp³-hybridized carbons (Fsp3) is 0.846. The van der Waals surface area contributed by atoms with Crippen molar-refractivity contribution >= 4 is 11.9 Å². The number of carbonyl (C=O) groups is 2. The van der Waals surface area contributed by atoms with Crippen molar-refractivity contribution < 1.29 is 24.5 Å². The van der Waals surface area contributed by atoms with Gasteiger partial charge in [-0.2, -0.15) is 0 Å². The largest absolute Gasteiger partial charge is 0.466 e. The van der Waals surface area contributed by atoms with Crippen LogP contribution in [0.4, 0.5) is 0 Å². The highest BCUT2D eigenvalue weighted by Gasteiger charge is 2.20. The maximum absolute atomic E-state index is 12.5. The topological polar surface area (TPSA) is 95.9 Å². The minimum Gasteiger partial charge on any atom is -0.466 e. The number of esters is 1. The van der Waals surface area contributed by atoms with Crippen LogP contribution in [-0.2, 0) is 14.3 Å². The van der Waals surface area contributed by atoms with Gasteiger partial charge in [0.2, 0.25) is 5.91 Å². The van der Waals surface area contributed by atoms with Crippen LogP contribution in [0.15, 0.2) is 48.6 Å². The summed E-state index contributed by atoms with van der Waals surface area (Å²) in [5, 5.41) is 23.2. The standard InChI is InChI=1S/C65H121NO5/c1-3-5-7-9-11-13-15-34-39-43-47-51-55-59-65(70)71-60-56-52-48-44-40-36-33-31-29-27-25-23-21-19-17-18-20-22-24-26-28-30-32-35-38-42-46-50-54-58-64(69)66-62(61-67)63(68)57-53-49-45-41-37-16-14-12-10-8-6-4-2/h7,9,13,15,17,19,23,25,62-63,67-68H,3-6,8,10-12,14,16,18,20-22,24,26-61H2,1-2H3,(H,66,69)/b9-7-,15-13-,19-17-,25-23-. The maximum Gasteiger partial charge on any atom is 0.305 e. The van der Waals surface area contributed by atoms with Crippen molar-refractivity contribution in [3.05, 3.63) is 48.6 Å². The van der Waals surface area contributed by atoms with Crippen LogP contribution < -0.4 is 5.32 Å². The van der Waals surface area contributed by atoms with Gasteiger partial charge in [0.1, 0.15) is 0 Å². The van der Waals surface area contributed by atoms with Crippen LogP contribution >= 0.6 is 0 Å². The molecule has 0 aromatic heterocycles. The van der Waals surface area contributed by atoms with Gasteiger partial charge in [-0.3, -0.25) is 9.59 Å². The van der Waals surface area contributed by atoms with Crippen molar-refractivity contribution in [1.29, 1.82) is 0 Å². The van der Waals surface area contributed by atoms with Crippen molar-refractivity contribution in [3.63, 3.8) is 0 Å². The zero-order valence-corrected chi connectivity index (χ0v) is 47.5. The van der Waals surface area contributed by atoms with Gasteiger partial charge < -0.3 is 20.3 Å². The van der Waals surface area contributed by atoms with Crippen LogP contribution in [0.5, 0.6) is 0 Å². The molecule has 0 saturated carbocycles. The number of hydrogen-bond acceptors (Lipinski definition) is 5. The van der Waals surface area contributed by atoms with Crippen molar-refractivity contribution in [1.82, 2.24) is 5.32 Å². The first-order valence-corrected chi connectivity index (χ1v) is 31.4. The second-order valence-corrected chi connectivity index (χ2v) is 21.4. The second kappa shape index (κ2) is 60.4. The minimum absolute atomic E-state index is 0.00376. The van der Waals surface area contributed by atoms with Gasteiger partial charge in [-0.25, -0.2) is 0 Å². The molecule has 0 aliphatic rings. The Morgan fingerprint density at radius 1 is 0.394 bits per heavy atom. The third kappa shape index (κ3) is 57.0. The van der Waals surface area contributed by atoms with E-state index in [9.17, 15) is 19.8 Å². The number of aliphatic hydroxyl groups excluding tert-OH is 2. The van der Waals surface area contributed by atoms with E-state index in [-0.39, 0.29) is 18.5 Å². The molecule has 0 fully saturated rings. The number of hydrogen-bond donors (Lipinski definition) is 3. The zero-order valence-electron chi connectivity index (χ0n) is 47.5. The van der Waals surface area contributed by atoms with Gasteiger partial charge in [-0.15, -0.1) is 0 Å². The molecule has 1 amide bonds. The van der Waals surface area contributed by atoms with Gasteiger partial charge >= 0.3 is 5.97 Å². The third-order valence-corrected chi connectivity index (χ3v) is 14.3. The summed E-state index contributed by atoms with van der Waals surface area (Å²) in [7, 11) is 0. The van der Waals surface area contributed by atoms with E-state index in [2.05, 4.69) is 67.8 Å². The Morgan fingerprint density at radius 2 is 0.732 bits per heavy atom. The van der Waals surface area contributed by atoms with Crippen molar-refractivity contribution in [2.45, 2.75) is 341 Å². The molecule has 2 atom stereocenters. The molecule has 6 nitrogen and oxygen atoms in total. The van der Waals surface area contributed by atoms with Gasteiger partial charge in [0.15, 0.2) is 0 Å². The Bertz CT molecular complexity index is 1190. The highest BCUT2D eigenvalue weighted by molar-refractivity contribution is 5.76. The first kappa shape index (κ1) is 68.8. The van der Waals surface area contributed by atoms with E-state index in [1.807, 2.05) is 0 Å². The normalized spacial score (nSPS) is 12.9. The molecule has 0 heterocycles. The number of ether oxygens (including phenoxy) is 1. The van der Waals surface area contributed by atoms with Crippen LogP contribution in [0.25, 0.3) is 0 Å². The fourth-order valence-electron chi connectivity index (χ4n) is 9.53. The summed E-state index contributed by atoms with van der Waals surface area (Å²) in [5.74, 6) is -0.0399. The molecule has 0 bridgehead atoms. The van der Waals surface area contributed by atoms with Crippen LogP contribution in [-0.4, -0.2) is 47.4 Å². The predicted octanol–water partition coefficient (Wildman–Crippen LogP) is 19.7. The summed E-state index contributed by atoms with van der Waals surface area (Å²) in [4.78, 5) is 24.5. The zero-order chi connectivity index (χ0) is 51.4. The Morgan fingerprint density at radius 3 is 1.13 bits per heavy atom. The predicted molar refractivity (Wildman–Crippen MR) is 310 cm³/mol. The number of allylic oxidation sites excluding steroid dienone is 8. The second-order valence-electron chi connectivity index (χ2n) is 21.4. The van der Waals surface area contributed by atoms with Gasteiger partial charge in [0.05, 0.1) is 25.4 Å². The highest BCUT2D eigenvalue weighted by atomic mass is 16.5. The monoisotopic (exact) mass is 996 g/mol. The molecule has 0 radical (unpaired) electrons. The molecule has 71 heavy (non-hydrogen) atoms. The lowest BCUT2D eigenvalue weighted by Crippen LogP contribution is -2.45. The highest BCUT2D eigenvalue weighted by Crippen LogP contribution is 2.17. The first-order valence-electron chi connectivity index (χ1n) is 31.4. The van der Waals surface area contributed by atoms with Crippen molar-refractivity contribution in [3.8, 4) is 0 Å². The number of carbonyl (C=O) groups excluding carboxylic acids is 2. The van der Waals surface area contributed by atoms with Crippen LogP contribution in [0.3, 0.4) is 0 Å². The van der Waals surface area contributed by atoms with E-state index < -0.39 is 12.1 Å². The lowest BCUT2D eigenvalue weighted by atomic mass is 10.0. The lowest BCUT2D eigenvalue weighted by molar-refractivity contribution is -0.143. The van der Waals surface area contributed by atoms with Gasteiger partial charge in [0, 0.05) is 12.8 Å². The summed E-state index contributed by atoms with van der Waals surface area (Å²) in [6.07, 6.45) is 77.0. The van der Waals surface area contributed by atoms with Crippen LogP contribution in [0.1, 0.15) is 328 Å². The summed E-state index contributed by atoms with van der Waals surface area (Å²) in [6.45, 7) is 4.88. The quantitative estimate of drug-likeness (QED) is 0.0321. The molecule has 0 aromatic rings. The van der Waals surface area contributed by atoms with Gasteiger partial charge in [-0.1, -0.05) is 281 Å². The average molecular weight is 997 g/mol. The first-order chi connectivity index (χ1) is 35.0.